The summed E-state index contributed by atoms with van der Waals surface area (Å²) in [7, 11) is -2.72. The van der Waals surface area contributed by atoms with E-state index in [1.807, 2.05) is 51.1 Å². The normalized spacial score (nSPS) is 11.9. The number of sulfonamides is 1. The first-order valence-corrected chi connectivity index (χ1v) is 15.5. The van der Waals surface area contributed by atoms with Gasteiger partial charge in [0.15, 0.2) is 0 Å². The molecule has 3 aromatic carbocycles. The Kier molecular flexibility index (Phi) is 11.6. The molecule has 0 radical (unpaired) electrons. The van der Waals surface area contributed by atoms with Gasteiger partial charge in [0.05, 0.1) is 22.7 Å². The fourth-order valence-corrected chi connectivity index (χ4v) is 6.10. The zero-order chi connectivity index (χ0) is 30.0. The fourth-order valence-electron chi connectivity index (χ4n) is 4.44. The topological polar surface area (TPSA) is 96.0 Å². The number of amides is 2. The smallest absolute Gasteiger partial charge is 0.264 e. The molecule has 0 saturated carbocycles. The van der Waals surface area contributed by atoms with Crippen molar-refractivity contribution in [2.75, 3.05) is 31.0 Å². The average molecular weight is 600 g/mol. The predicted octanol–water partition coefficient (Wildman–Crippen LogP) is 5.23. The summed E-state index contributed by atoms with van der Waals surface area (Å²) in [6.45, 7) is 5.85. The number of methoxy groups -OCH3 is 1. The molecule has 0 aliphatic carbocycles. The molecule has 2 amide bonds. The summed E-state index contributed by atoms with van der Waals surface area (Å²) in [5.41, 5.74) is 2.10. The van der Waals surface area contributed by atoms with Gasteiger partial charge >= 0.3 is 0 Å². The van der Waals surface area contributed by atoms with Crippen LogP contribution in [0.25, 0.3) is 0 Å². The van der Waals surface area contributed by atoms with Gasteiger partial charge in [0.25, 0.3) is 10.0 Å². The molecular formula is C31H38ClN3O5S. The summed E-state index contributed by atoms with van der Waals surface area (Å²) < 4.78 is 34.2. The quantitative estimate of drug-likeness (QED) is 0.274. The molecule has 0 heterocycles. The van der Waals surface area contributed by atoms with E-state index < -0.39 is 28.5 Å². The van der Waals surface area contributed by atoms with Crippen molar-refractivity contribution >= 4 is 39.1 Å². The molecule has 0 fully saturated rings. The second-order valence-corrected chi connectivity index (χ2v) is 12.0. The number of rotatable bonds is 14. The maximum Gasteiger partial charge on any atom is 0.264 e. The minimum absolute atomic E-state index is 0.0337. The first kappa shape index (κ1) is 32.0. The third kappa shape index (κ3) is 8.24. The van der Waals surface area contributed by atoms with Crippen LogP contribution in [0, 0.1) is 6.92 Å². The first-order valence-electron chi connectivity index (χ1n) is 13.7. The molecule has 220 valence electrons. The molecule has 8 nitrogen and oxygen atoms in total. The number of carbonyl (C=O) groups excluding carboxylic acids is 2. The van der Waals surface area contributed by atoms with E-state index in [0.717, 1.165) is 21.9 Å². The highest BCUT2D eigenvalue weighted by Crippen LogP contribution is 2.32. The Labute approximate surface area is 248 Å². The van der Waals surface area contributed by atoms with Gasteiger partial charge in [-0.3, -0.25) is 13.9 Å². The largest absolute Gasteiger partial charge is 0.495 e. The van der Waals surface area contributed by atoms with Gasteiger partial charge in [-0.2, -0.15) is 0 Å². The van der Waals surface area contributed by atoms with Gasteiger partial charge in [-0.05, 0) is 62.1 Å². The number of nitrogens with zero attached hydrogens (tertiary/aromatic N) is 2. The second-order valence-electron chi connectivity index (χ2n) is 9.68. The van der Waals surface area contributed by atoms with E-state index in [2.05, 4.69) is 5.32 Å². The molecule has 3 aromatic rings. The van der Waals surface area contributed by atoms with Crippen molar-refractivity contribution in [2.45, 2.75) is 51.0 Å². The summed E-state index contributed by atoms with van der Waals surface area (Å²) in [5.74, 6) is -0.393. The molecular weight excluding hydrogens is 562 g/mol. The summed E-state index contributed by atoms with van der Waals surface area (Å²) in [6.07, 6.45) is 1.62. The van der Waals surface area contributed by atoms with Crippen molar-refractivity contribution < 1.29 is 22.7 Å². The predicted molar refractivity (Wildman–Crippen MR) is 163 cm³/mol. The highest BCUT2D eigenvalue weighted by Gasteiger charge is 2.33. The molecule has 0 aliphatic rings. The highest BCUT2D eigenvalue weighted by atomic mass is 35.5. The fraction of sp³-hybridized carbons (Fsp3) is 0.355. The monoisotopic (exact) mass is 599 g/mol. The van der Waals surface area contributed by atoms with E-state index in [1.165, 1.54) is 30.2 Å². The van der Waals surface area contributed by atoms with Crippen molar-refractivity contribution in [3.05, 3.63) is 88.9 Å². The zero-order valence-electron chi connectivity index (χ0n) is 24.0. The number of halogens is 1. The molecule has 0 unspecified atom stereocenters. The maximum atomic E-state index is 14.0. The Morgan fingerprint density at radius 1 is 1.00 bits per heavy atom. The number of hydrogen-bond acceptors (Lipinski definition) is 5. The van der Waals surface area contributed by atoms with Gasteiger partial charge in [-0.15, -0.1) is 0 Å². The number of carbonyl (C=O) groups is 2. The van der Waals surface area contributed by atoms with Crippen LogP contribution >= 0.6 is 11.6 Å². The van der Waals surface area contributed by atoms with Crippen molar-refractivity contribution in [3.63, 3.8) is 0 Å². The number of aryl methyl sites for hydroxylation is 1. The average Bonchev–Trinajstić information content (AvgIpc) is 2.97. The molecule has 0 spiro atoms. The standard InChI is InChI=1S/C31H38ClN3O5S/c1-5-19-33-31(37)28(6-2)34(20-18-24-10-8-7-9-11-24)30(36)22-35(25-14-17-29(40-4)27(32)21-25)41(38,39)26-15-12-23(3)13-16-26/h7-17,21,28H,5-6,18-20,22H2,1-4H3,(H,33,37)/t28-/m1/s1. The number of benzene rings is 3. The molecule has 1 atom stereocenters. The van der Waals surface area contributed by atoms with E-state index in [4.69, 9.17) is 16.3 Å². The van der Waals surface area contributed by atoms with Crippen molar-refractivity contribution in [1.82, 2.24) is 10.2 Å². The van der Waals surface area contributed by atoms with Crippen LogP contribution in [0.15, 0.2) is 77.7 Å². The van der Waals surface area contributed by atoms with Crippen LogP contribution in [0.4, 0.5) is 5.69 Å². The third-order valence-corrected chi connectivity index (χ3v) is 8.81. The molecule has 0 bridgehead atoms. The summed E-state index contributed by atoms with van der Waals surface area (Å²) in [6, 6.07) is 19.8. The van der Waals surface area contributed by atoms with E-state index in [-0.39, 0.29) is 28.1 Å². The number of anilines is 1. The van der Waals surface area contributed by atoms with E-state index in [9.17, 15) is 18.0 Å². The molecule has 10 heteroatoms. The van der Waals surface area contributed by atoms with Gasteiger partial charge < -0.3 is 15.0 Å². The molecule has 0 aliphatic heterocycles. The van der Waals surface area contributed by atoms with Gasteiger partial charge in [0, 0.05) is 13.1 Å². The third-order valence-electron chi connectivity index (χ3n) is 6.73. The van der Waals surface area contributed by atoms with Crippen LogP contribution in [0.5, 0.6) is 5.75 Å². The summed E-state index contributed by atoms with van der Waals surface area (Å²) in [5, 5.41) is 3.09. The second kappa shape index (κ2) is 14.9. The highest BCUT2D eigenvalue weighted by molar-refractivity contribution is 7.92. The van der Waals surface area contributed by atoms with Gasteiger partial charge in [-0.1, -0.05) is 73.5 Å². The van der Waals surface area contributed by atoms with Gasteiger partial charge in [-0.25, -0.2) is 8.42 Å². The lowest BCUT2D eigenvalue weighted by molar-refractivity contribution is -0.139. The lowest BCUT2D eigenvalue weighted by atomic mass is 10.1. The van der Waals surface area contributed by atoms with Crippen LogP contribution < -0.4 is 14.4 Å². The molecule has 41 heavy (non-hydrogen) atoms. The van der Waals surface area contributed by atoms with E-state index in [0.29, 0.717) is 25.1 Å². The molecule has 0 saturated heterocycles. The molecule has 3 rings (SSSR count). The van der Waals surface area contributed by atoms with Crippen molar-refractivity contribution in [3.8, 4) is 5.75 Å². The zero-order valence-corrected chi connectivity index (χ0v) is 25.5. The Hall–Kier alpha value is -3.56. The van der Waals surface area contributed by atoms with Crippen molar-refractivity contribution in [2.24, 2.45) is 0 Å². The van der Waals surface area contributed by atoms with Crippen LogP contribution in [0.1, 0.15) is 37.8 Å². The van der Waals surface area contributed by atoms with Gasteiger partial charge in [0.1, 0.15) is 18.3 Å². The van der Waals surface area contributed by atoms with E-state index >= 15 is 0 Å². The number of nitrogens with one attached hydrogen (secondary N) is 1. The molecule has 0 aromatic heterocycles. The first-order chi connectivity index (χ1) is 19.6. The minimum Gasteiger partial charge on any atom is -0.495 e. The maximum absolute atomic E-state index is 14.0. The number of ether oxygens (including phenoxy) is 1. The van der Waals surface area contributed by atoms with Crippen LogP contribution in [-0.4, -0.2) is 57.9 Å². The van der Waals surface area contributed by atoms with E-state index in [1.54, 1.807) is 24.3 Å². The Balaban J connectivity index is 2.03. The number of hydrogen-bond donors (Lipinski definition) is 1. The Morgan fingerprint density at radius 2 is 1.68 bits per heavy atom. The summed E-state index contributed by atoms with van der Waals surface area (Å²) in [4.78, 5) is 28.7. The van der Waals surface area contributed by atoms with Crippen molar-refractivity contribution in [1.29, 1.82) is 0 Å². The lowest BCUT2D eigenvalue weighted by Gasteiger charge is -2.33. The Morgan fingerprint density at radius 3 is 2.27 bits per heavy atom. The Bertz CT molecular complexity index is 1420. The SMILES string of the molecule is CCCNC(=O)[C@@H](CC)N(CCc1ccccc1)C(=O)CN(c1ccc(OC)c(Cl)c1)S(=O)(=O)c1ccc(C)cc1. The lowest BCUT2D eigenvalue weighted by Crippen LogP contribution is -2.53. The van der Waals surface area contributed by atoms with Crippen LogP contribution in [0.2, 0.25) is 5.02 Å². The van der Waals surface area contributed by atoms with Crippen LogP contribution in [-0.2, 0) is 26.0 Å². The minimum atomic E-state index is -4.18. The summed E-state index contributed by atoms with van der Waals surface area (Å²) >= 11 is 6.38. The molecule has 1 N–H and O–H groups in total. The van der Waals surface area contributed by atoms with Crippen LogP contribution in [0.3, 0.4) is 0 Å². The van der Waals surface area contributed by atoms with Gasteiger partial charge in [0.2, 0.25) is 11.8 Å².